The van der Waals surface area contributed by atoms with E-state index in [1.807, 2.05) is 0 Å². The molecule has 0 radical (unpaired) electrons. The number of hydrogen-bond donors (Lipinski definition) is 3. The van der Waals surface area contributed by atoms with Gasteiger partial charge in [0.05, 0.1) is 6.33 Å². The van der Waals surface area contributed by atoms with Gasteiger partial charge in [-0.15, -0.1) is 0 Å². The van der Waals surface area contributed by atoms with Crippen LogP contribution in [0.2, 0.25) is 0 Å². The van der Waals surface area contributed by atoms with Gasteiger partial charge in [-0.25, -0.2) is 4.98 Å². The Morgan fingerprint density at radius 1 is 1.56 bits per heavy atom. The maximum Gasteiger partial charge on any atom is 0.405 e. The number of nitrogen functional groups attached to an aromatic ring is 1. The van der Waals surface area contributed by atoms with Crippen molar-refractivity contribution in [1.29, 1.82) is 0 Å². The Kier molecular flexibility index (Phi) is 3.79. The van der Waals surface area contributed by atoms with Crippen LogP contribution in [0.1, 0.15) is 0 Å². The average Bonchev–Trinajstić information content (AvgIpc) is 2.18. The number of nitrogens with two attached hydrogens (primary N) is 1. The summed E-state index contributed by atoms with van der Waals surface area (Å²) in [5.41, 5.74) is 3.87. The lowest BCUT2D eigenvalue weighted by Gasteiger charge is -2.23. The fourth-order valence-electron chi connectivity index (χ4n) is 1.24. The number of carboxylic acids is 1. The SMILES string of the molecule is Nc1c(N(CC(=O)O)CC(F)(F)F)nc[nH]c1=O. The summed E-state index contributed by atoms with van der Waals surface area (Å²) < 4.78 is 36.9. The van der Waals surface area contributed by atoms with Gasteiger partial charge in [-0.1, -0.05) is 0 Å². The van der Waals surface area contributed by atoms with Crippen molar-refractivity contribution in [3.63, 3.8) is 0 Å². The van der Waals surface area contributed by atoms with E-state index in [1.54, 1.807) is 0 Å². The average molecular weight is 266 g/mol. The van der Waals surface area contributed by atoms with Crippen molar-refractivity contribution >= 4 is 17.5 Å². The van der Waals surface area contributed by atoms with Crippen molar-refractivity contribution in [1.82, 2.24) is 9.97 Å². The standard InChI is InChI=1S/C8H9F3N4O3/c9-8(10,11)2-15(1-4(16)17)6-5(12)7(18)14-3-13-6/h3H,1-2,12H2,(H,16,17)(H,13,14,18). The zero-order valence-corrected chi connectivity index (χ0v) is 8.86. The lowest BCUT2D eigenvalue weighted by atomic mass is 10.4. The van der Waals surface area contributed by atoms with Gasteiger partial charge in [0.25, 0.3) is 5.56 Å². The van der Waals surface area contributed by atoms with Crippen molar-refractivity contribution < 1.29 is 23.1 Å². The molecule has 0 saturated heterocycles. The lowest BCUT2D eigenvalue weighted by molar-refractivity contribution is -0.136. The van der Waals surface area contributed by atoms with E-state index in [0.29, 0.717) is 4.90 Å². The number of halogens is 3. The molecule has 0 amide bonds. The summed E-state index contributed by atoms with van der Waals surface area (Å²) >= 11 is 0. The van der Waals surface area contributed by atoms with Crippen molar-refractivity contribution in [2.24, 2.45) is 0 Å². The van der Waals surface area contributed by atoms with Gasteiger partial charge in [0.1, 0.15) is 18.8 Å². The molecule has 0 unspecified atom stereocenters. The Hall–Kier alpha value is -2.26. The molecule has 0 aliphatic rings. The van der Waals surface area contributed by atoms with Crippen LogP contribution in [0.5, 0.6) is 0 Å². The first-order valence-corrected chi connectivity index (χ1v) is 4.57. The molecule has 0 fully saturated rings. The summed E-state index contributed by atoms with van der Waals surface area (Å²) in [7, 11) is 0. The van der Waals surface area contributed by atoms with Gasteiger partial charge in [-0.2, -0.15) is 13.2 Å². The molecule has 0 aliphatic heterocycles. The molecule has 0 atom stereocenters. The lowest BCUT2D eigenvalue weighted by Crippen LogP contribution is -2.39. The molecule has 18 heavy (non-hydrogen) atoms. The van der Waals surface area contributed by atoms with Crippen molar-refractivity contribution in [2.45, 2.75) is 6.18 Å². The molecule has 0 aliphatic carbocycles. The monoisotopic (exact) mass is 266 g/mol. The van der Waals surface area contributed by atoms with Crippen LogP contribution in [0.3, 0.4) is 0 Å². The van der Waals surface area contributed by atoms with Gasteiger partial charge in [0, 0.05) is 0 Å². The molecule has 1 rings (SSSR count). The Morgan fingerprint density at radius 3 is 2.67 bits per heavy atom. The van der Waals surface area contributed by atoms with E-state index in [-0.39, 0.29) is 0 Å². The molecular weight excluding hydrogens is 257 g/mol. The van der Waals surface area contributed by atoms with Gasteiger partial charge >= 0.3 is 12.1 Å². The second-order valence-electron chi connectivity index (χ2n) is 3.33. The fraction of sp³-hybridized carbons (Fsp3) is 0.375. The minimum atomic E-state index is -4.65. The summed E-state index contributed by atoms with van der Waals surface area (Å²) in [5.74, 6) is -2.01. The number of aromatic nitrogens is 2. The van der Waals surface area contributed by atoms with E-state index < -0.39 is 42.3 Å². The van der Waals surface area contributed by atoms with Crippen molar-refractivity contribution in [3.8, 4) is 0 Å². The number of hydrogen-bond acceptors (Lipinski definition) is 5. The maximum atomic E-state index is 12.3. The first-order valence-electron chi connectivity index (χ1n) is 4.57. The zero-order chi connectivity index (χ0) is 13.9. The molecule has 0 spiro atoms. The molecule has 0 saturated carbocycles. The number of anilines is 2. The Balaban J connectivity index is 3.13. The first-order chi connectivity index (χ1) is 8.20. The van der Waals surface area contributed by atoms with Crippen LogP contribution in [0.15, 0.2) is 11.1 Å². The molecule has 100 valence electrons. The van der Waals surface area contributed by atoms with Crippen LogP contribution in [-0.4, -0.2) is 40.3 Å². The molecule has 1 aromatic heterocycles. The molecular formula is C8H9F3N4O3. The second kappa shape index (κ2) is 4.94. The highest BCUT2D eigenvalue weighted by Crippen LogP contribution is 2.22. The summed E-state index contributed by atoms with van der Waals surface area (Å²) in [6.07, 6.45) is -3.80. The number of nitrogens with zero attached hydrogens (tertiary/aromatic N) is 2. The Bertz CT molecular complexity index is 499. The number of aromatic amines is 1. The summed E-state index contributed by atoms with van der Waals surface area (Å²) in [6, 6.07) is 0. The molecule has 1 aromatic rings. The van der Waals surface area contributed by atoms with Gasteiger partial charge in [0.15, 0.2) is 5.82 Å². The predicted octanol–water partition coefficient (Wildman–Crippen LogP) is -0.195. The van der Waals surface area contributed by atoms with Crippen LogP contribution in [0.25, 0.3) is 0 Å². The summed E-state index contributed by atoms with van der Waals surface area (Å²) in [6.45, 7) is -2.54. The Labute approximate surface area is 98.0 Å². The Morgan fingerprint density at radius 2 is 2.17 bits per heavy atom. The van der Waals surface area contributed by atoms with E-state index in [9.17, 15) is 22.8 Å². The smallest absolute Gasteiger partial charge is 0.405 e. The quantitative estimate of drug-likeness (QED) is 0.696. The van der Waals surface area contributed by atoms with Crippen LogP contribution in [-0.2, 0) is 4.79 Å². The highest BCUT2D eigenvalue weighted by atomic mass is 19.4. The van der Waals surface area contributed by atoms with Crippen molar-refractivity contribution in [3.05, 3.63) is 16.7 Å². The number of carbonyl (C=O) groups is 1. The topological polar surface area (TPSA) is 112 Å². The van der Waals surface area contributed by atoms with Crippen LogP contribution in [0, 0.1) is 0 Å². The van der Waals surface area contributed by atoms with Gasteiger partial charge in [0.2, 0.25) is 0 Å². The first kappa shape index (κ1) is 13.8. The third-order valence-electron chi connectivity index (χ3n) is 1.86. The molecule has 0 aromatic carbocycles. The van der Waals surface area contributed by atoms with E-state index in [0.717, 1.165) is 6.33 Å². The van der Waals surface area contributed by atoms with E-state index in [4.69, 9.17) is 10.8 Å². The van der Waals surface area contributed by atoms with Gasteiger partial charge < -0.3 is 20.7 Å². The third kappa shape index (κ3) is 3.64. The number of alkyl halides is 3. The van der Waals surface area contributed by atoms with Crippen LogP contribution >= 0.6 is 0 Å². The molecule has 7 nitrogen and oxygen atoms in total. The number of carboxylic acid groups (broad SMARTS) is 1. The summed E-state index contributed by atoms with van der Waals surface area (Å²) in [5, 5.41) is 8.54. The van der Waals surface area contributed by atoms with Crippen molar-refractivity contribution in [2.75, 3.05) is 23.7 Å². The van der Waals surface area contributed by atoms with E-state index >= 15 is 0 Å². The normalized spacial score (nSPS) is 11.3. The van der Waals surface area contributed by atoms with Gasteiger partial charge in [-0.05, 0) is 0 Å². The van der Waals surface area contributed by atoms with Crippen LogP contribution < -0.4 is 16.2 Å². The van der Waals surface area contributed by atoms with Gasteiger partial charge in [-0.3, -0.25) is 9.59 Å². The third-order valence-corrected chi connectivity index (χ3v) is 1.86. The summed E-state index contributed by atoms with van der Waals surface area (Å²) in [4.78, 5) is 27.5. The van der Waals surface area contributed by atoms with E-state index in [2.05, 4.69) is 9.97 Å². The zero-order valence-electron chi connectivity index (χ0n) is 8.86. The number of nitrogens with one attached hydrogen (secondary N) is 1. The minimum Gasteiger partial charge on any atom is -0.480 e. The molecule has 10 heteroatoms. The molecule has 4 N–H and O–H groups in total. The fourth-order valence-corrected chi connectivity index (χ4v) is 1.24. The largest absolute Gasteiger partial charge is 0.480 e. The highest BCUT2D eigenvalue weighted by Gasteiger charge is 2.33. The minimum absolute atomic E-state index is 0.368. The second-order valence-corrected chi connectivity index (χ2v) is 3.33. The number of aliphatic carboxylic acids is 1. The number of H-pyrrole nitrogens is 1. The predicted molar refractivity (Wildman–Crippen MR) is 55.2 cm³/mol. The van der Waals surface area contributed by atoms with Crippen LogP contribution in [0.4, 0.5) is 24.7 Å². The maximum absolute atomic E-state index is 12.3. The molecule has 0 bridgehead atoms. The number of rotatable bonds is 4. The van der Waals surface area contributed by atoms with E-state index in [1.165, 1.54) is 0 Å². The highest BCUT2D eigenvalue weighted by molar-refractivity contribution is 5.75. The molecule has 1 heterocycles.